The summed E-state index contributed by atoms with van der Waals surface area (Å²) in [5.41, 5.74) is 2.05. The van der Waals surface area contributed by atoms with E-state index in [0.717, 1.165) is 11.3 Å². The summed E-state index contributed by atoms with van der Waals surface area (Å²) >= 11 is 12.2. The van der Waals surface area contributed by atoms with Crippen LogP contribution in [0.25, 0.3) is 10.9 Å². The normalized spacial score (nSPS) is 15.0. The van der Waals surface area contributed by atoms with Gasteiger partial charge in [-0.05, 0) is 12.1 Å². The van der Waals surface area contributed by atoms with E-state index in [1.165, 1.54) is 12.1 Å². The van der Waals surface area contributed by atoms with E-state index in [1.807, 2.05) is 0 Å². The van der Waals surface area contributed by atoms with Crippen LogP contribution in [-0.2, 0) is 17.8 Å². The highest BCUT2D eigenvalue weighted by molar-refractivity contribution is 6.39. The van der Waals surface area contributed by atoms with Gasteiger partial charge in [0.05, 0.1) is 39.9 Å². The van der Waals surface area contributed by atoms with Gasteiger partial charge in [0.1, 0.15) is 5.82 Å². The van der Waals surface area contributed by atoms with Crippen molar-refractivity contribution in [3.05, 3.63) is 39.3 Å². The van der Waals surface area contributed by atoms with Gasteiger partial charge in [0.25, 0.3) is 0 Å². The average Bonchev–Trinajstić information content (AvgIpc) is 2.34. The molecule has 0 atom stereocenters. The summed E-state index contributed by atoms with van der Waals surface area (Å²) in [6, 6.07) is 2.79. The summed E-state index contributed by atoms with van der Waals surface area (Å²) in [5.74, 6) is -0.407. The molecule has 0 amide bonds. The molecule has 0 radical (unpaired) electrons. The summed E-state index contributed by atoms with van der Waals surface area (Å²) in [7, 11) is 0. The molecule has 0 spiro atoms. The second-order valence-electron chi connectivity index (χ2n) is 3.91. The molecule has 1 aliphatic rings. The largest absolute Gasteiger partial charge is 0.376 e. The lowest BCUT2D eigenvalue weighted by Crippen LogP contribution is -2.13. The molecule has 1 aromatic heterocycles. The smallest absolute Gasteiger partial charge is 0.134 e. The second-order valence-corrected chi connectivity index (χ2v) is 4.69. The molecule has 5 heteroatoms. The van der Waals surface area contributed by atoms with Crippen molar-refractivity contribution in [2.75, 3.05) is 6.61 Å². The zero-order chi connectivity index (χ0) is 12.0. The van der Waals surface area contributed by atoms with Gasteiger partial charge in [-0.15, -0.1) is 0 Å². The third kappa shape index (κ3) is 1.69. The number of pyridine rings is 1. The number of fused-ring (bicyclic) bond motifs is 2. The zero-order valence-corrected chi connectivity index (χ0v) is 10.3. The fraction of sp³-hybridized carbons (Fsp3) is 0.250. The van der Waals surface area contributed by atoms with Crippen LogP contribution in [0.2, 0.25) is 10.0 Å². The average molecular weight is 272 g/mol. The lowest BCUT2D eigenvalue weighted by Gasteiger charge is -2.18. The van der Waals surface area contributed by atoms with E-state index in [4.69, 9.17) is 27.9 Å². The SMILES string of the molecule is Fc1ccc(Cl)c2nc3c(c(Cl)c12)COCC3. The van der Waals surface area contributed by atoms with Crippen molar-refractivity contribution in [3.8, 4) is 0 Å². The third-order valence-corrected chi connectivity index (χ3v) is 3.61. The van der Waals surface area contributed by atoms with Crippen LogP contribution < -0.4 is 0 Å². The molecular weight excluding hydrogens is 264 g/mol. The second kappa shape index (κ2) is 4.09. The van der Waals surface area contributed by atoms with Crippen molar-refractivity contribution < 1.29 is 9.13 Å². The Hall–Kier alpha value is -0.900. The molecule has 2 heterocycles. The number of benzene rings is 1. The van der Waals surface area contributed by atoms with Gasteiger partial charge < -0.3 is 4.74 Å². The van der Waals surface area contributed by atoms with Crippen molar-refractivity contribution in [1.82, 2.24) is 4.98 Å². The Balaban J connectivity index is 2.44. The number of nitrogens with zero attached hydrogens (tertiary/aromatic N) is 1. The zero-order valence-electron chi connectivity index (χ0n) is 8.77. The number of rotatable bonds is 0. The molecule has 0 fully saturated rings. The molecule has 2 aromatic rings. The predicted molar refractivity (Wildman–Crippen MR) is 65.1 cm³/mol. The highest BCUT2D eigenvalue weighted by Gasteiger charge is 2.20. The van der Waals surface area contributed by atoms with E-state index in [1.54, 1.807) is 0 Å². The lowest BCUT2D eigenvalue weighted by molar-refractivity contribution is 0.109. The predicted octanol–water partition coefficient (Wildman–Crippen LogP) is 3.75. The van der Waals surface area contributed by atoms with Crippen LogP contribution >= 0.6 is 23.2 Å². The van der Waals surface area contributed by atoms with Gasteiger partial charge in [0.15, 0.2) is 0 Å². The molecule has 0 saturated heterocycles. The molecule has 1 aliphatic heterocycles. The van der Waals surface area contributed by atoms with Crippen LogP contribution in [0.4, 0.5) is 4.39 Å². The summed E-state index contributed by atoms with van der Waals surface area (Å²) in [6.07, 6.45) is 0.678. The maximum Gasteiger partial charge on any atom is 0.134 e. The number of hydrogen-bond donors (Lipinski definition) is 0. The minimum atomic E-state index is -0.407. The van der Waals surface area contributed by atoms with E-state index in [9.17, 15) is 4.39 Å². The number of halogens is 3. The summed E-state index contributed by atoms with van der Waals surface area (Å²) in [6.45, 7) is 0.984. The summed E-state index contributed by atoms with van der Waals surface area (Å²) < 4.78 is 19.1. The van der Waals surface area contributed by atoms with Crippen LogP contribution in [0.1, 0.15) is 11.3 Å². The Morgan fingerprint density at radius 1 is 1.29 bits per heavy atom. The molecule has 0 saturated carbocycles. The quantitative estimate of drug-likeness (QED) is 0.728. The van der Waals surface area contributed by atoms with Crippen molar-refractivity contribution in [2.45, 2.75) is 13.0 Å². The first kappa shape index (κ1) is 11.2. The van der Waals surface area contributed by atoms with Crippen LogP contribution in [0.3, 0.4) is 0 Å². The van der Waals surface area contributed by atoms with E-state index >= 15 is 0 Å². The van der Waals surface area contributed by atoms with E-state index in [-0.39, 0.29) is 5.39 Å². The monoisotopic (exact) mass is 271 g/mol. The minimum absolute atomic E-state index is 0.281. The first-order valence-electron chi connectivity index (χ1n) is 5.21. The Morgan fingerprint density at radius 3 is 2.94 bits per heavy atom. The van der Waals surface area contributed by atoms with E-state index in [2.05, 4.69) is 4.98 Å². The number of hydrogen-bond acceptors (Lipinski definition) is 2. The van der Waals surface area contributed by atoms with Gasteiger partial charge in [0, 0.05) is 12.0 Å². The van der Waals surface area contributed by atoms with Crippen LogP contribution in [-0.4, -0.2) is 11.6 Å². The molecule has 0 unspecified atom stereocenters. The van der Waals surface area contributed by atoms with Gasteiger partial charge in [0.2, 0.25) is 0 Å². The number of ether oxygens (including phenoxy) is 1. The van der Waals surface area contributed by atoms with Crippen molar-refractivity contribution in [3.63, 3.8) is 0 Å². The Kier molecular flexibility index (Phi) is 2.69. The molecule has 17 heavy (non-hydrogen) atoms. The van der Waals surface area contributed by atoms with Crippen LogP contribution in [0.15, 0.2) is 12.1 Å². The fourth-order valence-corrected chi connectivity index (χ4v) is 2.58. The van der Waals surface area contributed by atoms with Gasteiger partial charge in [-0.2, -0.15) is 0 Å². The van der Waals surface area contributed by atoms with E-state index in [0.29, 0.717) is 35.2 Å². The van der Waals surface area contributed by atoms with Crippen molar-refractivity contribution in [2.24, 2.45) is 0 Å². The van der Waals surface area contributed by atoms with Crippen molar-refractivity contribution >= 4 is 34.1 Å². The van der Waals surface area contributed by atoms with Gasteiger partial charge in [-0.25, -0.2) is 4.39 Å². The highest BCUT2D eigenvalue weighted by atomic mass is 35.5. The first-order valence-corrected chi connectivity index (χ1v) is 5.97. The summed E-state index contributed by atoms with van der Waals surface area (Å²) in [5, 5.41) is 1.06. The first-order chi connectivity index (χ1) is 8.18. The Bertz CT molecular complexity index is 615. The molecule has 0 aliphatic carbocycles. The molecule has 2 nitrogen and oxygen atoms in total. The standard InChI is InChI=1S/C12H8Cl2FNO/c13-7-1-2-8(15)10-11(14)6-5-17-4-3-9(6)16-12(7)10/h1-2H,3-5H2. The van der Waals surface area contributed by atoms with Crippen LogP contribution in [0, 0.1) is 5.82 Å². The maximum absolute atomic E-state index is 13.8. The molecule has 88 valence electrons. The van der Waals surface area contributed by atoms with Crippen molar-refractivity contribution in [1.29, 1.82) is 0 Å². The van der Waals surface area contributed by atoms with Gasteiger partial charge in [-0.1, -0.05) is 23.2 Å². The fourth-order valence-electron chi connectivity index (χ4n) is 2.04. The lowest BCUT2D eigenvalue weighted by atomic mass is 10.1. The maximum atomic E-state index is 13.8. The van der Waals surface area contributed by atoms with Crippen LogP contribution in [0.5, 0.6) is 0 Å². The highest BCUT2D eigenvalue weighted by Crippen LogP contribution is 2.35. The Labute approximate surface area is 107 Å². The molecule has 0 bridgehead atoms. The number of aromatic nitrogens is 1. The molecule has 1 aromatic carbocycles. The van der Waals surface area contributed by atoms with Gasteiger partial charge in [-0.3, -0.25) is 4.98 Å². The van der Waals surface area contributed by atoms with E-state index < -0.39 is 5.82 Å². The molecular formula is C12H8Cl2FNO. The Morgan fingerprint density at radius 2 is 2.12 bits per heavy atom. The molecule has 3 rings (SSSR count). The summed E-state index contributed by atoms with van der Waals surface area (Å²) in [4.78, 5) is 4.40. The topological polar surface area (TPSA) is 22.1 Å². The minimum Gasteiger partial charge on any atom is -0.376 e. The van der Waals surface area contributed by atoms with Gasteiger partial charge >= 0.3 is 0 Å². The molecule has 0 N–H and O–H groups in total. The third-order valence-electron chi connectivity index (χ3n) is 2.89.